The number of nitro benzene ring substituents is 1. The Balaban J connectivity index is 1.47. The van der Waals surface area contributed by atoms with Crippen LogP contribution >= 0.6 is 0 Å². The fourth-order valence-electron chi connectivity index (χ4n) is 3.96. The summed E-state index contributed by atoms with van der Waals surface area (Å²) in [6.07, 6.45) is 3.03. The van der Waals surface area contributed by atoms with Crippen LogP contribution in [0, 0.1) is 22.0 Å². The van der Waals surface area contributed by atoms with Crippen LogP contribution in [0.25, 0.3) is 0 Å². The molecular formula is C20H23N3O8. The van der Waals surface area contributed by atoms with Crippen LogP contribution < -0.4 is 10.1 Å². The Morgan fingerprint density at radius 3 is 2.42 bits per heavy atom. The van der Waals surface area contributed by atoms with Gasteiger partial charge in [-0.15, -0.1) is 0 Å². The van der Waals surface area contributed by atoms with Gasteiger partial charge in [0.25, 0.3) is 11.6 Å². The number of non-ortho nitro benzene ring substituents is 1. The van der Waals surface area contributed by atoms with Crippen molar-refractivity contribution in [1.82, 2.24) is 4.90 Å². The first-order valence-electron chi connectivity index (χ1n) is 9.95. The average molecular weight is 433 g/mol. The van der Waals surface area contributed by atoms with E-state index in [0.717, 1.165) is 23.8 Å². The molecule has 0 spiro atoms. The second-order valence-corrected chi connectivity index (χ2v) is 7.43. The molecule has 1 saturated heterocycles. The Bertz CT molecular complexity index is 892. The lowest BCUT2D eigenvalue weighted by Gasteiger charge is -2.19. The van der Waals surface area contributed by atoms with Crippen LogP contribution in [-0.4, -0.2) is 53.8 Å². The second kappa shape index (κ2) is 9.54. The molecule has 31 heavy (non-hydrogen) atoms. The minimum absolute atomic E-state index is 0.0682. The molecule has 0 bridgehead atoms. The van der Waals surface area contributed by atoms with E-state index in [1.165, 1.54) is 19.2 Å². The van der Waals surface area contributed by atoms with Gasteiger partial charge in [-0.3, -0.25) is 34.2 Å². The summed E-state index contributed by atoms with van der Waals surface area (Å²) >= 11 is 0. The van der Waals surface area contributed by atoms with Gasteiger partial charge in [-0.05, 0) is 18.9 Å². The van der Waals surface area contributed by atoms with Gasteiger partial charge in [-0.1, -0.05) is 12.8 Å². The number of fused-ring (bicyclic) bond motifs is 1. The number of likely N-dealkylation sites (tertiary alicyclic amines) is 1. The molecule has 1 heterocycles. The zero-order chi connectivity index (χ0) is 22.5. The standard InChI is InChI=1S/C20H23N3O8/c1-30-16-10-12(23(28)29)6-7-15(16)21-17(24)11-31-18(25)8-9-22-19(26)13-4-2-3-5-14(13)20(22)27/h6-7,10,13-14H,2-5,8-9,11H2,1H3,(H,21,24)/t13-,14-/m0/s1. The topological polar surface area (TPSA) is 145 Å². The molecule has 2 atom stereocenters. The van der Waals surface area contributed by atoms with Crippen LogP contribution in [0.1, 0.15) is 32.1 Å². The van der Waals surface area contributed by atoms with Gasteiger partial charge in [0.1, 0.15) is 5.75 Å². The van der Waals surface area contributed by atoms with E-state index in [-0.39, 0.29) is 53.7 Å². The molecule has 1 saturated carbocycles. The van der Waals surface area contributed by atoms with Crippen molar-refractivity contribution >= 4 is 35.1 Å². The third kappa shape index (κ3) is 4.98. The molecule has 1 aliphatic heterocycles. The number of nitrogens with one attached hydrogen (secondary N) is 1. The SMILES string of the molecule is COc1cc([N+](=O)[O-])ccc1NC(=O)COC(=O)CCN1C(=O)[C@H]2CCCC[C@@H]2C1=O. The minimum atomic E-state index is -0.721. The summed E-state index contributed by atoms with van der Waals surface area (Å²) in [7, 11) is 1.30. The Labute approximate surface area is 177 Å². The van der Waals surface area contributed by atoms with Gasteiger partial charge in [0.15, 0.2) is 6.61 Å². The van der Waals surface area contributed by atoms with Crippen LogP contribution in [-0.2, 0) is 23.9 Å². The smallest absolute Gasteiger partial charge is 0.308 e. The van der Waals surface area contributed by atoms with E-state index in [1.54, 1.807) is 0 Å². The molecule has 11 nitrogen and oxygen atoms in total. The Morgan fingerprint density at radius 1 is 1.19 bits per heavy atom. The molecular weight excluding hydrogens is 410 g/mol. The van der Waals surface area contributed by atoms with Crippen molar-refractivity contribution in [3.8, 4) is 5.75 Å². The molecule has 1 aromatic carbocycles. The highest BCUT2D eigenvalue weighted by Gasteiger charge is 2.47. The number of hydrogen-bond donors (Lipinski definition) is 1. The van der Waals surface area contributed by atoms with E-state index in [2.05, 4.69) is 5.32 Å². The summed E-state index contributed by atoms with van der Waals surface area (Å²) in [5.74, 6) is -2.32. The highest BCUT2D eigenvalue weighted by molar-refractivity contribution is 6.05. The predicted octanol–water partition coefficient (Wildman–Crippen LogP) is 1.65. The maximum absolute atomic E-state index is 12.4. The number of ether oxygens (including phenoxy) is 2. The number of benzene rings is 1. The fraction of sp³-hybridized carbons (Fsp3) is 0.500. The molecule has 0 aromatic heterocycles. The van der Waals surface area contributed by atoms with Crippen LogP contribution in [0.15, 0.2) is 18.2 Å². The van der Waals surface area contributed by atoms with Crippen molar-refractivity contribution in [2.75, 3.05) is 25.6 Å². The van der Waals surface area contributed by atoms with E-state index < -0.39 is 23.4 Å². The molecule has 1 aliphatic carbocycles. The lowest BCUT2D eigenvalue weighted by Crippen LogP contribution is -2.33. The van der Waals surface area contributed by atoms with Crippen molar-refractivity contribution in [1.29, 1.82) is 0 Å². The number of carbonyl (C=O) groups excluding carboxylic acids is 4. The number of anilines is 1. The quantitative estimate of drug-likeness (QED) is 0.282. The van der Waals surface area contributed by atoms with E-state index in [9.17, 15) is 29.3 Å². The van der Waals surface area contributed by atoms with Gasteiger partial charge < -0.3 is 14.8 Å². The first-order valence-corrected chi connectivity index (χ1v) is 9.95. The summed E-state index contributed by atoms with van der Waals surface area (Å²) in [5, 5.41) is 13.3. The maximum Gasteiger partial charge on any atom is 0.308 e. The summed E-state index contributed by atoms with van der Waals surface area (Å²) in [4.78, 5) is 60.1. The fourth-order valence-corrected chi connectivity index (χ4v) is 3.96. The van der Waals surface area contributed by atoms with Gasteiger partial charge >= 0.3 is 5.97 Å². The summed E-state index contributed by atoms with van der Waals surface area (Å²) in [6.45, 7) is -0.659. The van der Waals surface area contributed by atoms with Crippen LogP contribution in [0.2, 0.25) is 0 Å². The number of imide groups is 1. The molecule has 2 fully saturated rings. The molecule has 0 radical (unpaired) electrons. The Hall–Kier alpha value is -3.50. The van der Waals surface area contributed by atoms with Crippen molar-refractivity contribution < 1.29 is 33.6 Å². The van der Waals surface area contributed by atoms with Crippen molar-refractivity contribution in [2.45, 2.75) is 32.1 Å². The van der Waals surface area contributed by atoms with Crippen molar-refractivity contribution in [2.24, 2.45) is 11.8 Å². The van der Waals surface area contributed by atoms with E-state index in [0.29, 0.717) is 12.8 Å². The zero-order valence-electron chi connectivity index (χ0n) is 17.0. The Kier molecular flexibility index (Phi) is 6.83. The lowest BCUT2D eigenvalue weighted by molar-refractivity contribution is -0.384. The normalized spacial score (nSPS) is 20.2. The van der Waals surface area contributed by atoms with Gasteiger partial charge in [0.2, 0.25) is 11.8 Å². The third-order valence-corrected chi connectivity index (χ3v) is 5.51. The van der Waals surface area contributed by atoms with Crippen LogP contribution in [0.4, 0.5) is 11.4 Å². The first-order chi connectivity index (χ1) is 14.8. The highest BCUT2D eigenvalue weighted by Crippen LogP contribution is 2.38. The number of carbonyl (C=O) groups is 4. The Morgan fingerprint density at radius 2 is 1.84 bits per heavy atom. The molecule has 3 amide bonds. The van der Waals surface area contributed by atoms with E-state index in [1.807, 2.05) is 0 Å². The van der Waals surface area contributed by atoms with Crippen LogP contribution in [0.5, 0.6) is 5.75 Å². The van der Waals surface area contributed by atoms with E-state index >= 15 is 0 Å². The largest absolute Gasteiger partial charge is 0.494 e. The number of nitro groups is 1. The third-order valence-electron chi connectivity index (χ3n) is 5.51. The predicted molar refractivity (Wildman–Crippen MR) is 106 cm³/mol. The number of nitrogens with zero attached hydrogens (tertiary/aromatic N) is 2. The van der Waals surface area contributed by atoms with Crippen molar-refractivity contribution in [3.63, 3.8) is 0 Å². The van der Waals surface area contributed by atoms with Crippen molar-refractivity contribution in [3.05, 3.63) is 28.3 Å². The molecule has 1 N–H and O–H groups in total. The number of hydrogen-bond acceptors (Lipinski definition) is 8. The summed E-state index contributed by atoms with van der Waals surface area (Å²) < 4.78 is 9.93. The maximum atomic E-state index is 12.4. The number of esters is 1. The van der Waals surface area contributed by atoms with Gasteiger partial charge in [0.05, 0.1) is 42.0 Å². The molecule has 166 valence electrons. The number of amides is 3. The minimum Gasteiger partial charge on any atom is -0.494 e. The second-order valence-electron chi connectivity index (χ2n) is 7.43. The van der Waals surface area contributed by atoms with Gasteiger partial charge in [-0.25, -0.2) is 0 Å². The molecule has 3 rings (SSSR count). The molecule has 2 aliphatic rings. The number of methoxy groups -OCH3 is 1. The molecule has 1 aromatic rings. The lowest BCUT2D eigenvalue weighted by atomic mass is 9.81. The van der Waals surface area contributed by atoms with E-state index in [4.69, 9.17) is 9.47 Å². The first kappa shape index (κ1) is 22.2. The monoisotopic (exact) mass is 433 g/mol. The highest BCUT2D eigenvalue weighted by atomic mass is 16.6. The molecule has 0 unspecified atom stereocenters. The number of rotatable bonds is 8. The van der Waals surface area contributed by atoms with Gasteiger partial charge in [0, 0.05) is 12.6 Å². The average Bonchev–Trinajstić information content (AvgIpc) is 3.01. The molecule has 11 heteroatoms. The van der Waals surface area contributed by atoms with Crippen LogP contribution in [0.3, 0.4) is 0 Å². The zero-order valence-corrected chi connectivity index (χ0v) is 17.0. The summed E-state index contributed by atoms with van der Waals surface area (Å²) in [5.41, 5.74) is -0.0165. The van der Waals surface area contributed by atoms with Gasteiger partial charge in [-0.2, -0.15) is 0 Å². The summed E-state index contributed by atoms with van der Waals surface area (Å²) in [6, 6.07) is 3.66.